The maximum Gasteiger partial charge on any atom is 0.124 e. The van der Waals surface area contributed by atoms with Gasteiger partial charge in [0.25, 0.3) is 0 Å². The lowest BCUT2D eigenvalue weighted by atomic mass is 9.93. The molecule has 2 aromatic rings. The minimum Gasteiger partial charge on any atom is -0.490 e. The lowest BCUT2D eigenvalue weighted by molar-refractivity contribution is 0.137. The van der Waals surface area contributed by atoms with E-state index in [1.54, 1.807) is 0 Å². The van der Waals surface area contributed by atoms with Crippen LogP contribution in [-0.2, 0) is 6.42 Å². The Hall–Kier alpha value is -2.04. The van der Waals surface area contributed by atoms with E-state index in [1.807, 2.05) is 0 Å². The van der Waals surface area contributed by atoms with E-state index in [0.29, 0.717) is 12.1 Å². The summed E-state index contributed by atoms with van der Waals surface area (Å²) in [6.45, 7) is 4.92. The van der Waals surface area contributed by atoms with Gasteiger partial charge in [0.1, 0.15) is 17.6 Å². The standard InChI is InChI=1S/C27H36N2O2/c1-2-6-21(7-3-1)26-14-8-22-20-25(13-15-27(22)31-26)30-24-11-9-23(10-12-24)28-16-19-29-17-4-5-18-29/h1-3,6-7,13,15,20,23-24,26,28H,4-5,8-12,14,16-19H2. The van der Waals surface area contributed by atoms with Crippen molar-refractivity contribution in [1.29, 1.82) is 0 Å². The fraction of sp³-hybridized carbons (Fsp3) is 0.556. The molecule has 2 heterocycles. The SMILES string of the molecule is c1ccc(C2CCc3cc(OC4CCC(NCCN5CCCC5)CC4)ccc3O2)cc1. The first-order valence-corrected chi connectivity index (χ1v) is 12.3. The molecule has 4 heteroatoms. The van der Waals surface area contributed by atoms with Gasteiger partial charge < -0.3 is 19.7 Å². The molecule has 1 N–H and O–H groups in total. The largest absolute Gasteiger partial charge is 0.490 e. The van der Waals surface area contributed by atoms with E-state index in [2.05, 4.69) is 58.7 Å². The average molecular weight is 421 g/mol. The van der Waals surface area contributed by atoms with Gasteiger partial charge in [-0.25, -0.2) is 0 Å². The zero-order chi connectivity index (χ0) is 20.9. The maximum atomic E-state index is 6.38. The molecule has 0 amide bonds. The maximum absolute atomic E-state index is 6.38. The Morgan fingerprint density at radius 3 is 2.55 bits per heavy atom. The van der Waals surface area contributed by atoms with Gasteiger partial charge >= 0.3 is 0 Å². The smallest absolute Gasteiger partial charge is 0.124 e. The third-order valence-corrected chi connectivity index (χ3v) is 7.19. The van der Waals surface area contributed by atoms with E-state index >= 15 is 0 Å². The fourth-order valence-electron chi connectivity index (χ4n) is 5.35. The highest BCUT2D eigenvalue weighted by Gasteiger charge is 2.24. The van der Waals surface area contributed by atoms with Crippen molar-refractivity contribution in [3.63, 3.8) is 0 Å². The number of hydrogen-bond acceptors (Lipinski definition) is 4. The van der Waals surface area contributed by atoms with Crippen LogP contribution in [0.2, 0.25) is 0 Å². The van der Waals surface area contributed by atoms with Crippen LogP contribution in [-0.4, -0.2) is 43.2 Å². The molecule has 166 valence electrons. The van der Waals surface area contributed by atoms with Crippen molar-refractivity contribution in [1.82, 2.24) is 10.2 Å². The first kappa shape index (κ1) is 20.8. The van der Waals surface area contributed by atoms with Crippen LogP contribution in [0, 0.1) is 0 Å². The summed E-state index contributed by atoms with van der Waals surface area (Å²) in [6, 6.07) is 17.6. The van der Waals surface area contributed by atoms with Crippen LogP contribution < -0.4 is 14.8 Å². The molecular formula is C27H36N2O2. The van der Waals surface area contributed by atoms with E-state index in [9.17, 15) is 0 Å². The predicted molar refractivity (Wildman–Crippen MR) is 125 cm³/mol. The second-order valence-corrected chi connectivity index (χ2v) is 9.42. The Kier molecular flexibility index (Phi) is 6.76. The van der Waals surface area contributed by atoms with E-state index in [4.69, 9.17) is 9.47 Å². The number of fused-ring (bicyclic) bond motifs is 1. The normalized spacial score (nSPS) is 26.3. The number of nitrogens with one attached hydrogen (secondary N) is 1. The van der Waals surface area contributed by atoms with Crippen molar-refractivity contribution in [2.75, 3.05) is 26.2 Å². The van der Waals surface area contributed by atoms with Crippen LogP contribution >= 0.6 is 0 Å². The van der Waals surface area contributed by atoms with Gasteiger partial charge in [-0.3, -0.25) is 0 Å². The summed E-state index contributed by atoms with van der Waals surface area (Å²) in [5.41, 5.74) is 2.54. The summed E-state index contributed by atoms with van der Waals surface area (Å²) in [5.74, 6) is 2.02. The summed E-state index contributed by atoms with van der Waals surface area (Å²) >= 11 is 0. The van der Waals surface area contributed by atoms with E-state index in [1.165, 1.54) is 56.4 Å². The molecule has 2 fully saturated rings. The number of likely N-dealkylation sites (tertiary alicyclic amines) is 1. The quantitative estimate of drug-likeness (QED) is 0.673. The Morgan fingerprint density at radius 2 is 1.74 bits per heavy atom. The lowest BCUT2D eigenvalue weighted by Gasteiger charge is -2.31. The first-order chi connectivity index (χ1) is 15.3. The van der Waals surface area contributed by atoms with Crippen LogP contribution in [0.4, 0.5) is 0 Å². The molecule has 1 atom stereocenters. The molecule has 1 saturated heterocycles. The molecule has 0 bridgehead atoms. The number of rotatable bonds is 7. The highest BCUT2D eigenvalue weighted by Crippen LogP contribution is 2.37. The van der Waals surface area contributed by atoms with Gasteiger partial charge in [-0.15, -0.1) is 0 Å². The Bertz CT molecular complexity index is 826. The molecule has 1 unspecified atom stereocenters. The molecule has 4 nitrogen and oxygen atoms in total. The summed E-state index contributed by atoms with van der Waals surface area (Å²) in [6.07, 6.45) is 10.1. The Labute approximate surface area is 186 Å². The molecule has 5 rings (SSSR count). The van der Waals surface area contributed by atoms with Crippen molar-refractivity contribution in [3.05, 3.63) is 59.7 Å². The first-order valence-electron chi connectivity index (χ1n) is 12.3. The lowest BCUT2D eigenvalue weighted by Crippen LogP contribution is -2.40. The minimum atomic E-state index is 0.161. The summed E-state index contributed by atoms with van der Waals surface area (Å²) in [7, 11) is 0. The zero-order valence-corrected chi connectivity index (χ0v) is 18.6. The van der Waals surface area contributed by atoms with Gasteiger partial charge in [0.2, 0.25) is 0 Å². The van der Waals surface area contributed by atoms with Crippen molar-refractivity contribution in [3.8, 4) is 11.5 Å². The van der Waals surface area contributed by atoms with Crippen LogP contribution in [0.15, 0.2) is 48.5 Å². The Balaban J connectivity index is 1.08. The molecule has 2 aliphatic heterocycles. The minimum absolute atomic E-state index is 0.161. The van der Waals surface area contributed by atoms with Gasteiger partial charge in [-0.2, -0.15) is 0 Å². The predicted octanol–water partition coefficient (Wildman–Crippen LogP) is 5.13. The van der Waals surface area contributed by atoms with Crippen LogP contribution in [0.1, 0.15) is 62.2 Å². The molecule has 3 aliphatic rings. The molecule has 0 radical (unpaired) electrons. The fourth-order valence-corrected chi connectivity index (χ4v) is 5.35. The van der Waals surface area contributed by atoms with Gasteiger partial charge in [-0.05, 0) is 93.8 Å². The molecule has 1 saturated carbocycles. The summed E-state index contributed by atoms with van der Waals surface area (Å²) in [4.78, 5) is 2.59. The summed E-state index contributed by atoms with van der Waals surface area (Å²) < 4.78 is 12.7. The number of benzene rings is 2. The number of aryl methyl sites for hydroxylation is 1. The van der Waals surface area contributed by atoms with Crippen LogP contribution in [0.25, 0.3) is 0 Å². The van der Waals surface area contributed by atoms with Gasteiger partial charge in [-0.1, -0.05) is 30.3 Å². The van der Waals surface area contributed by atoms with E-state index in [-0.39, 0.29) is 6.10 Å². The molecule has 0 spiro atoms. The van der Waals surface area contributed by atoms with Crippen LogP contribution in [0.3, 0.4) is 0 Å². The second kappa shape index (κ2) is 10.1. The van der Waals surface area contributed by atoms with Gasteiger partial charge in [0.05, 0.1) is 6.10 Å². The van der Waals surface area contributed by atoms with Crippen molar-refractivity contribution >= 4 is 0 Å². The molecule has 2 aromatic carbocycles. The van der Waals surface area contributed by atoms with Gasteiger partial charge in [0, 0.05) is 19.1 Å². The topological polar surface area (TPSA) is 33.7 Å². The number of nitrogens with zero attached hydrogens (tertiary/aromatic N) is 1. The van der Waals surface area contributed by atoms with Crippen molar-refractivity contribution in [2.24, 2.45) is 0 Å². The van der Waals surface area contributed by atoms with Crippen LogP contribution in [0.5, 0.6) is 11.5 Å². The molecule has 0 aromatic heterocycles. The Morgan fingerprint density at radius 1 is 0.935 bits per heavy atom. The third kappa shape index (κ3) is 5.42. The van der Waals surface area contributed by atoms with Crippen molar-refractivity contribution < 1.29 is 9.47 Å². The third-order valence-electron chi connectivity index (χ3n) is 7.19. The molecular weight excluding hydrogens is 384 g/mol. The highest BCUT2D eigenvalue weighted by atomic mass is 16.5. The number of hydrogen-bond donors (Lipinski definition) is 1. The van der Waals surface area contributed by atoms with E-state index < -0.39 is 0 Å². The molecule has 1 aliphatic carbocycles. The second-order valence-electron chi connectivity index (χ2n) is 9.42. The zero-order valence-electron chi connectivity index (χ0n) is 18.6. The molecule has 31 heavy (non-hydrogen) atoms. The average Bonchev–Trinajstić information content (AvgIpc) is 3.34. The monoisotopic (exact) mass is 420 g/mol. The number of ether oxygens (including phenoxy) is 2. The van der Waals surface area contributed by atoms with Gasteiger partial charge in [0.15, 0.2) is 0 Å². The summed E-state index contributed by atoms with van der Waals surface area (Å²) in [5, 5.41) is 3.78. The van der Waals surface area contributed by atoms with Crippen molar-refractivity contribution in [2.45, 2.75) is 69.6 Å². The highest BCUT2D eigenvalue weighted by molar-refractivity contribution is 5.42. The van der Waals surface area contributed by atoms with E-state index in [0.717, 1.165) is 43.7 Å².